The van der Waals surface area contributed by atoms with Crippen molar-refractivity contribution in [1.29, 1.82) is 0 Å². The topological polar surface area (TPSA) is 74.3 Å². The Balaban J connectivity index is 2.16. The number of carbonyl (C=O) groups is 2. The molecule has 0 unspecified atom stereocenters. The lowest BCUT2D eigenvalue weighted by Gasteiger charge is -2.21. The van der Waals surface area contributed by atoms with Crippen molar-refractivity contribution in [2.75, 3.05) is 31.5 Å². The molecule has 1 saturated heterocycles. The van der Waals surface area contributed by atoms with Crippen LogP contribution in [-0.4, -0.2) is 47.9 Å². The summed E-state index contributed by atoms with van der Waals surface area (Å²) in [5.74, 6) is -0.0632. The normalized spacial score (nSPS) is 15.6. The quantitative estimate of drug-likeness (QED) is 0.830. The maximum absolute atomic E-state index is 12.5. The molecular formula is C13H18N4O2. The molecule has 1 aromatic heterocycles. The van der Waals surface area contributed by atoms with E-state index in [1.165, 1.54) is 0 Å². The lowest BCUT2D eigenvalue weighted by atomic mass is 10.2. The zero-order chi connectivity index (χ0) is 13.7. The molecule has 6 heteroatoms. The molecule has 0 aliphatic carbocycles. The van der Waals surface area contributed by atoms with Crippen LogP contribution in [-0.2, 0) is 4.79 Å². The van der Waals surface area contributed by atoms with Crippen molar-refractivity contribution in [3.05, 3.63) is 24.0 Å². The number of hydrogen-bond donors (Lipinski definition) is 2. The first-order chi connectivity index (χ1) is 9.22. The molecule has 6 nitrogen and oxygen atoms in total. The van der Waals surface area contributed by atoms with Crippen LogP contribution in [0.1, 0.15) is 23.7 Å². The van der Waals surface area contributed by atoms with Gasteiger partial charge >= 0.3 is 0 Å². The van der Waals surface area contributed by atoms with Crippen molar-refractivity contribution in [3.8, 4) is 0 Å². The highest BCUT2D eigenvalue weighted by molar-refractivity contribution is 5.99. The molecular weight excluding hydrogens is 244 g/mol. The van der Waals surface area contributed by atoms with Crippen molar-refractivity contribution >= 4 is 17.5 Å². The highest BCUT2D eigenvalue weighted by Gasteiger charge is 2.21. The average molecular weight is 262 g/mol. The van der Waals surface area contributed by atoms with Gasteiger partial charge in [0.2, 0.25) is 5.91 Å². The van der Waals surface area contributed by atoms with Crippen molar-refractivity contribution in [1.82, 2.24) is 15.2 Å². The van der Waals surface area contributed by atoms with Crippen molar-refractivity contribution in [3.63, 3.8) is 0 Å². The number of nitrogens with one attached hydrogen (secondary N) is 2. The molecule has 2 heterocycles. The Morgan fingerprint density at radius 1 is 1.53 bits per heavy atom. The summed E-state index contributed by atoms with van der Waals surface area (Å²) in [4.78, 5) is 29.5. The van der Waals surface area contributed by atoms with E-state index < -0.39 is 0 Å². The van der Waals surface area contributed by atoms with Crippen LogP contribution >= 0.6 is 0 Å². The maximum atomic E-state index is 12.5. The van der Waals surface area contributed by atoms with Crippen LogP contribution in [0.2, 0.25) is 0 Å². The summed E-state index contributed by atoms with van der Waals surface area (Å²) in [6.45, 7) is 4.20. The van der Waals surface area contributed by atoms with Crippen LogP contribution in [0, 0.1) is 0 Å². The van der Waals surface area contributed by atoms with Gasteiger partial charge in [0.05, 0.1) is 17.4 Å². The van der Waals surface area contributed by atoms with Gasteiger partial charge in [0.15, 0.2) is 0 Å². The standard InChI is InChI=1S/C13H18N4O2/c1-2-15-11-9-14-5-3-10(11)13(19)17-7-4-12(18)16-6-8-17/h3,5,9,15H,2,4,6-8H2,1H3,(H,16,18). The lowest BCUT2D eigenvalue weighted by molar-refractivity contribution is -0.120. The molecule has 1 fully saturated rings. The molecule has 2 rings (SSSR count). The van der Waals surface area contributed by atoms with Gasteiger partial charge in [0.1, 0.15) is 0 Å². The molecule has 1 aromatic rings. The fourth-order valence-corrected chi connectivity index (χ4v) is 2.05. The van der Waals surface area contributed by atoms with E-state index >= 15 is 0 Å². The Morgan fingerprint density at radius 2 is 2.37 bits per heavy atom. The summed E-state index contributed by atoms with van der Waals surface area (Å²) < 4.78 is 0. The predicted molar refractivity (Wildman–Crippen MR) is 71.9 cm³/mol. The lowest BCUT2D eigenvalue weighted by Crippen LogP contribution is -2.34. The van der Waals surface area contributed by atoms with E-state index in [1.54, 1.807) is 23.4 Å². The van der Waals surface area contributed by atoms with Crippen molar-refractivity contribution in [2.45, 2.75) is 13.3 Å². The van der Waals surface area contributed by atoms with Gasteiger partial charge in [-0.2, -0.15) is 0 Å². The summed E-state index contributed by atoms with van der Waals surface area (Å²) in [6, 6.07) is 1.71. The highest BCUT2D eigenvalue weighted by atomic mass is 16.2. The van der Waals surface area contributed by atoms with E-state index in [0.717, 1.165) is 12.2 Å². The molecule has 2 amide bonds. The minimum atomic E-state index is -0.0603. The van der Waals surface area contributed by atoms with Gasteiger partial charge in [-0.1, -0.05) is 0 Å². The summed E-state index contributed by atoms with van der Waals surface area (Å²) in [6.07, 6.45) is 3.61. The first-order valence-corrected chi connectivity index (χ1v) is 6.46. The molecule has 1 aliphatic rings. The van der Waals surface area contributed by atoms with Crippen LogP contribution in [0.4, 0.5) is 5.69 Å². The second-order valence-electron chi connectivity index (χ2n) is 4.34. The Kier molecular flexibility index (Phi) is 4.33. The Hall–Kier alpha value is -2.11. The highest BCUT2D eigenvalue weighted by Crippen LogP contribution is 2.16. The van der Waals surface area contributed by atoms with E-state index in [1.807, 2.05) is 6.92 Å². The molecule has 19 heavy (non-hydrogen) atoms. The Morgan fingerprint density at radius 3 is 3.16 bits per heavy atom. The number of aromatic nitrogens is 1. The van der Waals surface area contributed by atoms with Crippen LogP contribution < -0.4 is 10.6 Å². The van der Waals surface area contributed by atoms with Crippen LogP contribution in [0.3, 0.4) is 0 Å². The largest absolute Gasteiger partial charge is 0.383 e. The molecule has 1 aliphatic heterocycles. The van der Waals surface area contributed by atoms with E-state index in [0.29, 0.717) is 31.6 Å². The van der Waals surface area contributed by atoms with Crippen molar-refractivity contribution in [2.24, 2.45) is 0 Å². The molecule has 0 radical (unpaired) electrons. The smallest absolute Gasteiger partial charge is 0.256 e. The number of carbonyl (C=O) groups excluding carboxylic acids is 2. The third-order valence-electron chi connectivity index (χ3n) is 3.02. The number of hydrogen-bond acceptors (Lipinski definition) is 4. The van der Waals surface area contributed by atoms with Gasteiger partial charge < -0.3 is 15.5 Å². The zero-order valence-electron chi connectivity index (χ0n) is 11.0. The molecule has 0 bridgehead atoms. The molecule has 0 spiro atoms. The number of amides is 2. The number of rotatable bonds is 3. The van der Waals surface area contributed by atoms with Gasteiger partial charge in [-0.25, -0.2) is 0 Å². The van der Waals surface area contributed by atoms with E-state index in [-0.39, 0.29) is 11.8 Å². The first-order valence-electron chi connectivity index (χ1n) is 6.46. The van der Waals surface area contributed by atoms with Crippen LogP contribution in [0.5, 0.6) is 0 Å². The predicted octanol–water partition coefficient (Wildman–Crippen LogP) is 0.475. The monoisotopic (exact) mass is 262 g/mol. The SMILES string of the molecule is CCNc1cnccc1C(=O)N1CCNC(=O)CC1. The molecule has 2 N–H and O–H groups in total. The minimum absolute atomic E-state index is 0.00284. The number of pyridine rings is 1. The second-order valence-corrected chi connectivity index (χ2v) is 4.34. The van der Waals surface area contributed by atoms with Crippen LogP contribution in [0.25, 0.3) is 0 Å². The maximum Gasteiger partial charge on any atom is 0.256 e. The zero-order valence-corrected chi connectivity index (χ0v) is 11.0. The summed E-state index contributed by atoms with van der Waals surface area (Å²) in [7, 11) is 0. The minimum Gasteiger partial charge on any atom is -0.383 e. The third kappa shape index (κ3) is 3.21. The number of anilines is 1. The fourth-order valence-electron chi connectivity index (χ4n) is 2.05. The van der Waals surface area contributed by atoms with E-state index in [4.69, 9.17) is 0 Å². The van der Waals surface area contributed by atoms with Gasteiger partial charge in [0, 0.05) is 38.8 Å². The van der Waals surface area contributed by atoms with Crippen molar-refractivity contribution < 1.29 is 9.59 Å². The molecule has 0 atom stereocenters. The first kappa shape index (κ1) is 13.3. The number of nitrogens with zero attached hydrogens (tertiary/aromatic N) is 2. The van der Waals surface area contributed by atoms with E-state index in [2.05, 4.69) is 15.6 Å². The fraction of sp³-hybridized carbons (Fsp3) is 0.462. The molecule has 0 saturated carbocycles. The van der Waals surface area contributed by atoms with Gasteiger partial charge in [-0.3, -0.25) is 14.6 Å². The average Bonchev–Trinajstić information content (AvgIpc) is 2.64. The van der Waals surface area contributed by atoms with Gasteiger partial charge in [-0.15, -0.1) is 0 Å². The van der Waals surface area contributed by atoms with Gasteiger partial charge in [-0.05, 0) is 13.0 Å². The summed E-state index contributed by atoms with van der Waals surface area (Å²) in [5, 5.41) is 5.89. The summed E-state index contributed by atoms with van der Waals surface area (Å²) >= 11 is 0. The third-order valence-corrected chi connectivity index (χ3v) is 3.02. The molecule has 102 valence electrons. The Bertz CT molecular complexity index is 475. The Labute approximate surface area is 112 Å². The molecule has 0 aromatic carbocycles. The van der Waals surface area contributed by atoms with Gasteiger partial charge in [0.25, 0.3) is 5.91 Å². The van der Waals surface area contributed by atoms with Crippen LogP contribution in [0.15, 0.2) is 18.5 Å². The van der Waals surface area contributed by atoms with E-state index in [9.17, 15) is 9.59 Å². The summed E-state index contributed by atoms with van der Waals surface area (Å²) in [5.41, 5.74) is 1.34. The second kappa shape index (κ2) is 6.17.